The molecule has 1 aliphatic heterocycles. The van der Waals surface area contributed by atoms with Crippen LogP contribution >= 0.6 is 0 Å². The van der Waals surface area contributed by atoms with E-state index < -0.39 is 5.54 Å². The zero-order chi connectivity index (χ0) is 16.6. The van der Waals surface area contributed by atoms with Gasteiger partial charge in [0, 0.05) is 30.4 Å². The molecule has 0 amide bonds. The van der Waals surface area contributed by atoms with Crippen molar-refractivity contribution in [3.8, 4) is 0 Å². The van der Waals surface area contributed by atoms with Crippen LogP contribution in [0.5, 0.6) is 0 Å². The van der Waals surface area contributed by atoms with Gasteiger partial charge in [0.25, 0.3) is 0 Å². The van der Waals surface area contributed by atoms with Crippen LogP contribution < -0.4 is 16.4 Å². The Balaban J connectivity index is 1.86. The summed E-state index contributed by atoms with van der Waals surface area (Å²) < 4.78 is 20.6. The van der Waals surface area contributed by atoms with E-state index >= 15 is 0 Å². The van der Waals surface area contributed by atoms with E-state index in [0.717, 1.165) is 44.5 Å². The topological polar surface area (TPSA) is 64.5 Å². The van der Waals surface area contributed by atoms with Crippen LogP contribution in [0.1, 0.15) is 45.1 Å². The molecule has 128 valence electrons. The summed E-state index contributed by atoms with van der Waals surface area (Å²) in [7, 11) is 0. The highest BCUT2D eigenvalue weighted by molar-refractivity contribution is 5.50. The quantitative estimate of drug-likeness (QED) is 0.878. The lowest BCUT2D eigenvalue weighted by molar-refractivity contribution is -0.00523. The van der Waals surface area contributed by atoms with Crippen LogP contribution in [0.3, 0.4) is 0 Å². The Kier molecular flexibility index (Phi) is 4.63. The molecule has 5 heteroatoms. The number of halogens is 1. The number of morpholine rings is 1. The average molecular weight is 321 g/mol. The third kappa shape index (κ3) is 3.23. The number of ether oxygens (including phenoxy) is 1. The van der Waals surface area contributed by atoms with Crippen LogP contribution in [0.2, 0.25) is 0 Å². The van der Waals surface area contributed by atoms with Crippen LogP contribution in [0.4, 0.5) is 10.1 Å². The van der Waals surface area contributed by atoms with Gasteiger partial charge < -0.3 is 21.1 Å². The predicted molar refractivity (Wildman–Crippen MR) is 90.9 cm³/mol. The zero-order valence-electron chi connectivity index (χ0n) is 14.1. The number of hydrogen-bond acceptors (Lipinski definition) is 4. The van der Waals surface area contributed by atoms with Gasteiger partial charge in [-0.2, -0.15) is 0 Å². The average Bonchev–Trinajstić information content (AvgIpc) is 2.49. The summed E-state index contributed by atoms with van der Waals surface area (Å²) in [6, 6.07) is 5.23. The fraction of sp³-hybridized carbons (Fsp3) is 0.667. The summed E-state index contributed by atoms with van der Waals surface area (Å²) in [6.07, 6.45) is 3.97. The van der Waals surface area contributed by atoms with Crippen molar-refractivity contribution >= 4 is 5.69 Å². The lowest BCUT2D eigenvalue weighted by atomic mass is 9.74. The number of rotatable bonds is 2. The Morgan fingerprint density at radius 3 is 2.52 bits per heavy atom. The van der Waals surface area contributed by atoms with E-state index in [2.05, 4.69) is 4.90 Å². The molecule has 1 aliphatic carbocycles. The standard InChI is InChI=1S/C18H28FN3O/c1-12-10-22(11-13(2)23-12)14-6-7-15(16(19)9-14)18(21)8-4-3-5-17(18)20/h6-7,9,12-13,17H,3-5,8,10-11,20-21H2,1-2H3. The van der Waals surface area contributed by atoms with Crippen molar-refractivity contribution in [2.45, 2.75) is 63.3 Å². The van der Waals surface area contributed by atoms with Gasteiger partial charge in [0.2, 0.25) is 0 Å². The van der Waals surface area contributed by atoms with E-state index in [1.165, 1.54) is 0 Å². The summed E-state index contributed by atoms with van der Waals surface area (Å²) in [5, 5.41) is 0. The summed E-state index contributed by atoms with van der Waals surface area (Å²) in [5.74, 6) is -0.242. The Labute approximate surface area is 138 Å². The summed E-state index contributed by atoms with van der Waals surface area (Å²) in [5.41, 5.74) is 13.4. The third-order valence-corrected chi connectivity index (χ3v) is 5.26. The molecule has 0 aromatic heterocycles. The van der Waals surface area contributed by atoms with Crippen molar-refractivity contribution in [3.05, 3.63) is 29.6 Å². The molecule has 3 rings (SSSR count). The van der Waals surface area contributed by atoms with Crippen molar-refractivity contribution in [3.63, 3.8) is 0 Å². The van der Waals surface area contributed by atoms with Gasteiger partial charge in [-0.05, 0) is 38.8 Å². The van der Waals surface area contributed by atoms with E-state index in [-0.39, 0.29) is 24.1 Å². The first kappa shape index (κ1) is 16.7. The molecule has 23 heavy (non-hydrogen) atoms. The number of benzene rings is 1. The van der Waals surface area contributed by atoms with Crippen molar-refractivity contribution in [1.82, 2.24) is 0 Å². The van der Waals surface area contributed by atoms with E-state index in [4.69, 9.17) is 16.2 Å². The van der Waals surface area contributed by atoms with Gasteiger partial charge in [0.15, 0.2) is 0 Å². The molecule has 1 aromatic rings. The molecule has 4 unspecified atom stereocenters. The molecule has 0 bridgehead atoms. The summed E-state index contributed by atoms with van der Waals surface area (Å²) in [6.45, 7) is 5.64. The monoisotopic (exact) mass is 321 g/mol. The maximum absolute atomic E-state index is 14.8. The van der Waals surface area contributed by atoms with E-state index in [1.807, 2.05) is 26.0 Å². The molecule has 4 atom stereocenters. The fourth-order valence-electron chi connectivity index (χ4n) is 4.03. The van der Waals surface area contributed by atoms with Gasteiger partial charge >= 0.3 is 0 Å². The summed E-state index contributed by atoms with van der Waals surface area (Å²) in [4.78, 5) is 2.18. The van der Waals surface area contributed by atoms with Gasteiger partial charge in [-0.25, -0.2) is 4.39 Å². The number of hydrogen-bond donors (Lipinski definition) is 2. The molecule has 1 heterocycles. The molecule has 2 fully saturated rings. The molecule has 0 spiro atoms. The lowest BCUT2D eigenvalue weighted by Crippen LogP contribution is -2.54. The minimum Gasteiger partial charge on any atom is -0.372 e. The molecule has 1 aromatic carbocycles. The van der Waals surface area contributed by atoms with Crippen molar-refractivity contribution < 1.29 is 9.13 Å². The Morgan fingerprint density at radius 1 is 1.22 bits per heavy atom. The smallest absolute Gasteiger partial charge is 0.130 e. The second kappa shape index (κ2) is 6.38. The second-order valence-electron chi connectivity index (χ2n) is 7.22. The van der Waals surface area contributed by atoms with E-state index in [1.54, 1.807) is 6.07 Å². The summed E-state index contributed by atoms with van der Waals surface area (Å²) >= 11 is 0. The van der Waals surface area contributed by atoms with Crippen LogP contribution in [0.25, 0.3) is 0 Å². The SMILES string of the molecule is CC1CN(c2ccc(C3(N)CCCCC3N)c(F)c2)CC(C)O1. The number of nitrogens with zero attached hydrogens (tertiary/aromatic N) is 1. The van der Waals surface area contributed by atoms with E-state index in [9.17, 15) is 4.39 Å². The Hall–Kier alpha value is -1.17. The highest BCUT2D eigenvalue weighted by Crippen LogP contribution is 2.36. The number of anilines is 1. The van der Waals surface area contributed by atoms with Crippen molar-refractivity contribution in [2.75, 3.05) is 18.0 Å². The van der Waals surface area contributed by atoms with Gasteiger partial charge in [-0.3, -0.25) is 0 Å². The molecular weight excluding hydrogens is 293 g/mol. The fourth-order valence-corrected chi connectivity index (χ4v) is 4.03. The molecule has 4 N–H and O–H groups in total. The largest absolute Gasteiger partial charge is 0.372 e. The third-order valence-electron chi connectivity index (χ3n) is 5.26. The number of nitrogens with two attached hydrogens (primary N) is 2. The Morgan fingerprint density at radius 2 is 1.91 bits per heavy atom. The maximum atomic E-state index is 14.8. The molecule has 0 radical (unpaired) electrons. The molecule has 2 aliphatic rings. The second-order valence-corrected chi connectivity index (χ2v) is 7.22. The van der Waals surface area contributed by atoms with Crippen LogP contribution in [0.15, 0.2) is 18.2 Å². The van der Waals surface area contributed by atoms with Crippen LogP contribution in [0, 0.1) is 5.82 Å². The first-order valence-electron chi connectivity index (χ1n) is 8.65. The Bertz CT molecular complexity index is 557. The van der Waals surface area contributed by atoms with Crippen molar-refractivity contribution in [1.29, 1.82) is 0 Å². The van der Waals surface area contributed by atoms with Crippen molar-refractivity contribution in [2.24, 2.45) is 11.5 Å². The molecule has 1 saturated carbocycles. The first-order chi connectivity index (χ1) is 10.9. The van der Waals surface area contributed by atoms with Gasteiger partial charge in [0.05, 0.1) is 17.7 Å². The van der Waals surface area contributed by atoms with Crippen LogP contribution in [-0.2, 0) is 10.3 Å². The highest BCUT2D eigenvalue weighted by atomic mass is 19.1. The zero-order valence-corrected chi connectivity index (χ0v) is 14.1. The normalized spacial score (nSPS) is 35.3. The van der Waals surface area contributed by atoms with Gasteiger partial charge in [-0.1, -0.05) is 18.9 Å². The van der Waals surface area contributed by atoms with Crippen LogP contribution in [-0.4, -0.2) is 31.3 Å². The lowest BCUT2D eigenvalue weighted by Gasteiger charge is -2.40. The molecule has 1 saturated heterocycles. The predicted octanol–water partition coefficient (Wildman–Crippen LogP) is 2.49. The van der Waals surface area contributed by atoms with Gasteiger partial charge in [0.1, 0.15) is 5.82 Å². The minimum atomic E-state index is -0.744. The maximum Gasteiger partial charge on any atom is 0.130 e. The van der Waals surface area contributed by atoms with E-state index in [0.29, 0.717) is 5.56 Å². The first-order valence-corrected chi connectivity index (χ1v) is 8.65. The minimum absolute atomic E-state index is 0.147. The molecular formula is C18H28FN3O. The molecule has 4 nitrogen and oxygen atoms in total. The van der Waals surface area contributed by atoms with Gasteiger partial charge in [-0.15, -0.1) is 0 Å². The highest BCUT2D eigenvalue weighted by Gasteiger charge is 2.38.